The number of carbonyl (C=O) groups excluding carboxylic acids is 2. The van der Waals surface area contributed by atoms with Crippen molar-refractivity contribution in [2.45, 2.75) is 59.5 Å². The van der Waals surface area contributed by atoms with E-state index in [0.717, 1.165) is 12.8 Å². The summed E-state index contributed by atoms with van der Waals surface area (Å²) < 4.78 is 11.7. The smallest absolute Gasteiger partial charge is 0.418 e. The highest BCUT2D eigenvalue weighted by Crippen LogP contribution is 2.21. The van der Waals surface area contributed by atoms with Gasteiger partial charge < -0.3 is 9.47 Å². The molecule has 0 N–H and O–H groups in total. The summed E-state index contributed by atoms with van der Waals surface area (Å²) in [5.74, 6) is -0.425. The van der Waals surface area contributed by atoms with E-state index in [-0.39, 0.29) is 0 Å². The molecule has 21 heavy (non-hydrogen) atoms. The Morgan fingerprint density at radius 2 is 1.90 bits per heavy atom. The number of carbonyl (C=O) groups is 2. The fourth-order valence-electron chi connectivity index (χ4n) is 2.13. The molecule has 0 radical (unpaired) electrons. The number of rotatable bonds is 4. The Labute approximate surface area is 126 Å². The molecule has 5 heteroatoms. The number of aryl methyl sites for hydroxylation is 1. The summed E-state index contributed by atoms with van der Waals surface area (Å²) in [6, 6.07) is 1.68. The number of nitrogens with zero attached hydrogens (tertiary/aromatic N) is 1. The van der Waals surface area contributed by atoms with Crippen molar-refractivity contribution in [3.05, 3.63) is 23.0 Å². The average Bonchev–Trinajstić information content (AvgIpc) is 2.70. The van der Waals surface area contributed by atoms with Gasteiger partial charge >= 0.3 is 12.1 Å². The SMILES string of the molecule is CCCCc1c(C(=O)OC)cc(C)n1C(=O)OC(C)(C)C. The first-order chi connectivity index (χ1) is 9.71. The lowest BCUT2D eigenvalue weighted by molar-refractivity contribution is 0.0529. The molecule has 0 fully saturated rings. The Kier molecular flexibility index (Phi) is 5.58. The van der Waals surface area contributed by atoms with Crippen LogP contribution in [0.4, 0.5) is 4.79 Å². The number of unbranched alkanes of at least 4 members (excludes halogenated alkanes) is 1. The monoisotopic (exact) mass is 295 g/mol. The van der Waals surface area contributed by atoms with Crippen molar-refractivity contribution in [1.82, 2.24) is 4.57 Å². The standard InChI is InChI=1S/C16H25NO4/c1-7-8-9-13-12(14(18)20-6)10-11(2)17(13)15(19)21-16(3,4)5/h10H,7-9H2,1-6H3. The predicted molar refractivity (Wildman–Crippen MR) is 80.8 cm³/mol. The van der Waals surface area contributed by atoms with E-state index in [1.165, 1.54) is 11.7 Å². The van der Waals surface area contributed by atoms with Crippen LogP contribution in [-0.2, 0) is 15.9 Å². The topological polar surface area (TPSA) is 57.5 Å². The maximum atomic E-state index is 12.4. The number of methoxy groups -OCH3 is 1. The Morgan fingerprint density at radius 3 is 2.38 bits per heavy atom. The molecular formula is C16H25NO4. The second-order valence-corrected chi connectivity index (χ2v) is 6.06. The van der Waals surface area contributed by atoms with Crippen LogP contribution in [0.2, 0.25) is 0 Å². The van der Waals surface area contributed by atoms with E-state index in [9.17, 15) is 9.59 Å². The molecule has 1 aromatic heterocycles. The number of aromatic nitrogens is 1. The first-order valence-electron chi connectivity index (χ1n) is 7.24. The van der Waals surface area contributed by atoms with E-state index in [1.54, 1.807) is 13.0 Å². The zero-order valence-electron chi connectivity index (χ0n) is 13.8. The van der Waals surface area contributed by atoms with Crippen LogP contribution in [0, 0.1) is 6.92 Å². The molecule has 1 heterocycles. The second kappa shape index (κ2) is 6.78. The van der Waals surface area contributed by atoms with Gasteiger partial charge in [0.15, 0.2) is 0 Å². The molecule has 0 aliphatic heterocycles. The van der Waals surface area contributed by atoms with Crippen molar-refractivity contribution in [3.8, 4) is 0 Å². The number of ether oxygens (including phenoxy) is 2. The van der Waals surface area contributed by atoms with Gasteiger partial charge in [0.25, 0.3) is 0 Å². The van der Waals surface area contributed by atoms with Crippen LogP contribution in [0.15, 0.2) is 6.07 Å². The summed E-state index contributed by atoms with van der Waals surface area (Å²) >= 11 is 0. The van der Waals surface area contributed by atoms with E-state index in [2.05, 4.69) is 6.92 Å². The van der Waals surface area contributed by atoms with Gasteiger partial charge in [-0.2, -0.15) is 0 Å². The molecule has 0 aliphatic carbocycles. The normalized spacial score (nSPS) is 11.3. The maximum Gasteiger partial charge on any atom is 0.418 e. The van der Waals surface area contributed by atoms with Gasteiger partial charge in [0.2, 0.25) is 0 Å². The van der Waals surface area contributed by atoms with Gasteiger partial charge in [0, 0.05) is 11.4 Å². The summed E-state index contributed by atoms with van der Waals surface area (Å²) in [5.41, 5.74) is 1.20. The van der Waals surface area contributed by atoms with Gasteiger partial charge in [-0.3, -0.25) is 4.57 Å². The van der Waals surface area contributed by atoms with E-state index in [4.69, 9.17) is 9.47 Å². The van der Waals surface area contributed by atoms with E-state index in [1.807, 2.05) is 20.8 Å². The zero-order chi connectivity index (χ0) is 16.2. The highest BCUT2D eigenvalue weighted by Gasteiger charge is 2.25. The molecule has 0 bridgehead atoms. The van der Waals surface area contributed by atoms with Crippen molar-refractivity contribution in [2.75, 3.05) is 7.11 Å². The number of hydrogen-bond donors (Lipinski definition) is 0. The van der Waals surface area contributed by atoms with Crippen molar-refractivity contribution in [3.63, 3.8) is 0 Å². The Morgan fingerprint density at radius 1 is 1.29 bits per heavy atom. The highest BCUT2D eigenvalue weighted by molar-refractivity contribution is 5.92. The highest BCUT2D eigenvalue weighted by atomic mass is 16.6. The number of esters is 1. The Bertz CT molecular complexity index is 523. The third-order valence-corrected chi connectivity index (χ3v) is 3.04. The lowest BCUT2D eigenvalue weighted by Gasteiger charge is -2.21. The summed E-state index contributed by atoms with van der Waals surface area (Å²) in [4.78, 5) is 24.3. The van der Waals surface area contributed by atoms with Gasteiger partial charge in [0.05, 0.1) is 12.7 Å². The summed E-state index contributed by atoms with van der Waals surface area (Å²) in [6.45, 7) is 9.29. The molecule has 0 aromatic carbocycles. The molecule has 1 rings (SSSR count). The van der Waals surface area contributed by atoms with Gasteiger partial charge in [-0.25, -0.2) is 9.59 Å². The van der Waals surface area contributed by atoms with Crippen molar-refractivity contribution in [2.24, 2.45) is 0 Å². The lowest BCUT2D eigenvalue weighted by Crippen LogP contribution is -2.29. The van der Waals surface area contributed by atoms with Gasteiger partial charge in [-0.15, -0.1) is 0 Å². The fourth-order valence-corrected chi connectivity index (χ4v) is 2.13. The van der Waals surface area contributed by atoms with Crippen LogP contribution in [-0.4, -0.2) is 29.3 Å². The molecule has 0 unspecified atom stereocenters. The molecule has 5 nitrogen and oxygen atoms in total. The quantitative estimate of drug-likeness (QED) is 0.795. The summed E-state index contributed by atoms with van der Waals surface area (Å²) in [5, 5.41) is 0. The first kappa shape index (κ1) is 17.3. The Balaban J connectivity index is 3.26. The van der Waals surface area contributed by atoms with Crippen LogP contribution >= 0.6 is 0 Å². The maximum absolute atomic E-state index is 12.4. The van der Waals surface area contributed by atoms with Crippen LogP contribution in [0.1, 0.15) is 62.3 Å². The molecule has 0 saturated carbocycles. The van der Waals surface area contributed by atoms with Gasteiger partial charge in [0.1, 0.15) is 5.60 Å². The molecular weight excluding hydrogens is 270 g/mol. The van der Waals surface area contributed by atoms with Crippen molar-refractivity contribution < 1.29 is 19.1 Å². The predicted octanol–water partition coefficient (Wildman–Crippen LogP) is 3.71. The molecule has 0 amide bonds. The summed E-state index contributed by atoms with van der Waals surface area (Å²) in [7, 11) is 1.34. The van der Waals surface area contributed by atoms with E-state index in [0.29, 0.717) is 23.4 Å². The van der Waals surface area contributed by atoms with E-state index >= 15 is 0 Å². The van der Waals surface area contributed by atoms with Crippen molar-refractivity contribution >= 4 is 12.1 Å². The molecule has 0 atom stereocenters. The second-order valence-electron chi connectivity index (χ2n) is 6.06. The molecule has 118 valence electrons. The van der Waals surface area contributed by atoms with Gasteiger partial charge in [-0.05, 0) is 46.6 Å². The minimum Gasteiger partial charge on any atom is -0.465 e. The first-order valence-corrected chi connectivity index (χ1v) is 7.24. The minimum absolute atomic E-state index is 0.425. The summed E-state index contributed by atoms with van der Waals surface area (Å²) in [6.07, 6.45) is 2.03. The Hall–Kier alpha value is -1.78. The van der Waals surface area contributed by atoms with Crippen LogP contribution in [0.25, 0.3) is 0 Å². The molecule has 0 saturated heterocycles. The van der Waals surface area contributed by atoms with Gasteiger partial charge in [-0.1, -0.05) is 13.3 Å². The minimum atomic E-state index is -0.582. The molecule has 1 aromatic rings. The van der Waals surface area contributed by atoms with E-state index < -0.39 is 17.7 Å². The average molecular weight is 295 g/mol. The largest absolute Gasteiger partial charge is 0.465 e. The third-order valence-electron chi connectivity index (χ3n) is 3.04. The lowest BCUT2D eigenvalue weighted by atomic mass is 10.1. The molecule has 0 aliphatic rings. The van der Waals surface area contributed by atoms with Crippen LogP contribution in [0.5, 0.6) is 0 Å². The molecule has 0 spiro atoms. The third kappa shape index (κ3) is 4.34. The van der Waals surface area contributed by atoms with Crippen molar-refractivity contribution in [1.29, 1.82) is 0 Å². The number of hydrogen-bond acceptors (Lipinski definition) is 4. The van der Waals surface area contributed by atoms with Crippen LogP contribution in [0.3, 0.4) is 0 Å². The zero-order valence-corrected chi connectivity index (χ0v) is 13.8. The fraction of sp³-hybridized carbons (Fsp3) is 0.625. The van der Waals surface area contributed by atoms with Crippen LogP contribution < -0.4 is 0 Å².